The Morgan fingerprint density at radius 3 is 2.90 bits per heavy atom. The Balaban J connectivity index is 2.17. The molecule has 2 aromatic heterocycles. The van der Waals surface area contributed by atoms with E-state index >= 15 is 0 Å². The summed E-state index contributed by atoms with van der Waals surface area (Å²) < 4.78 is 2.89. The second-order valence-corrected chi connectivity index (χ2v) is 4.98. The Morgan fingerprint density at radius 2 is 2.24 bits per heavy atom. The first-order chi connectivity index (χ1) is 10.1. The Labute approximate surface area is 127 Å². The maximum Gasteiger partial charge on any atom is 0.287 e. The third kappa shape index (κ3) is 3.43. The molecular weight excluding hydrogens is 294 g/mol. The third-order valence-corrected chi connectivity index (χ3v) is 3.46. The average molecular weight is 312 g/mol. The normalized spacial score (nSPS) is 10.9. The van der Waals surface area contributed by atoms with Crippen LogP contribution in [-0.4, -0.2) is 31.3 Å². The highest BCUT2D eigenvalue weighted by Crippen LogP contribution is 2.17. The molecule has 21 heavy (non-hydrogen) atoms. The fourth-order valence-electron chi connectivity index (χ4n) is 2.06. The smallest absolute Gasteiger partial charge is 0.287 e. The Kier molecular flexibility index (Phi) is 4.98. The van der Waals surface area contributed by atoms with Crippen molar-refractivity contribution in [3.63, 3.8) is 0 Å². The van der Waals surface area contributed by atoms with Gasteiger partial charge in [-0.05, 0) is 6.42 Å². The molecule has 0 unspecified atom stereocenters. The van der Waals surface area contributed by atoms with Crippen molar-refractivity contribution in [1.82, 2.24) is 19.6 Å². The van der Waals surface area contributed by atoms with Crippen molar-refractivity contribution in [2.24, 2.45) is 7.05 Å². The number of nitrogens with one attached hydrogen (secondary N) is 1. The van der Waals surface area contributed by atoms with E-state index < -0.39 is 5.56 Å². The summed E-state index contributed by atoms with van der Waals surface area (Å²) >= 11 is 6.04. The van der Waals surface area contributed by atoms with E-state index in [2.05, 4.69) is 15.5 Å². The standard InChI is InChI=1S/C13H18ClN5O2/c1-3-10-9(8-18(2)17-10)6-15-11-7-16-19(4-5-20)13(21)12(11)14/h7-8,15,20H,3-6H2,1-2H3. The second kappa shape index (κ2) is 6.73. The molecule has 0 aliphatic heterocycles. The number of aliphatic hydroxyl groups excluding tert-OH is 1. The molecule has 2 rings (SSSR count). The molecule has 0 atom stereocenters. The number of anilines is 1. The Morgan fingerprint density at radius 1 is 1.48 bits per heavy atom. The number of aromatic nitrogens is 4. The maximum absolute atomic E-state index is 11.9. The number of hydrogen-bond acceptors (Lipinski definition) is 5. The molecule has 2 heterocycles. The van der Waals surface area contributed by atoms with Gasteiger partial charge in [-0.3, -0.25) is 9.48 Å². The molecule has 0 aromatic carbocycles. The van der Waals surface area contributed by atoms with Gasteiger partial charge in [0.1, 0.15) is 5.02 Å². The quantitative estimate of drug-likeness (QED) is 0.824. The fourth-order valence-corrected chi connectivity index (χ4v) is 2.27. The first-order valence-corrected chi connectivity index (χ1v) is 7.06. The first-order valence-electron chi connectivity index (χ1n) is 6.68. The van der Waals surface area contributed by atoms with Crippen molar-refractivity contribution >= 4 is 17.3 Å². The van der Waals surface area contributed by atoms with Crippen LogP contribution in [0.2, 0.25) is 5.02 Å². The molecular formula is C13H18ClN5O2. The van der Waals surface area contributed by atoms with Gasteiger partial charge >= 0.3 is 0 Å². The fraction of sp³-hybridized carbons (Fsp3) is 0.462. The van der Waals surface area contributed by atoms with Crippen LogP contribution in [0.1, 0.15) is 18.2 Å². The van der Waals surface area contributed by atoms with Crippen molar-refractivity contribution < 1.29 is 5.11 Å². The van der Waals surface area contributed by atoms with Crippen LogP contribution in [-0.2, 0) is 26.6 Å². The van der Waals surface area contributed by atoms with Crippen LogP contribution in [0.5, 0.6) is 0 Å². The molecule has 2 aromatic rings. The third-order valence-electron chi connectivity index (χ3n) is 3.09. The van der Waals surface area contributed by atoms with Crippen molar-refractivity contribution in [2.45, 2.75) is 26.4 Å². The zero-order valence-corrected chi connectivity index (χ0v) is 12.8. The van der Waals surface area contributed by atoms with Gasteiger partial charge in [0.25, 0.3) is 5.56 Å². The summed E-state index contributed by atoms with van der Waals surface area (Å²) in [5, 5.41) is 20.3. The molecule has 0 aliphatic carbocycles. The molecule has 0 saturated carbocycles. The number of aliphatic hydroxyl groups is 1. The number of aryl methyl sites for hydroxylation is 2. The van der Waals surface area contributed by atoms with E-state index in [0.717, 1.165) is 22.4 Å². The summed E-state index contributed by atoms with van der Waals surface area (Å²) in [6, 6.07) is 0. The summed E-state index contributed by atoms with van der Waals surface area (Å²) in [5.74, 6) is 0. The summed E-state index contributed by atoms with van der Waals surface area (Å²) in [6.45, 7) is 2.52. The predicted molar refractivity (Wildman–Crippen MR) is 80.5 cm³/mol. The van der Waals surface area contributed by atoms with Gasteiger partial charge in [0.05, 0.1) is 30.7 Å². The molecule has 2 N–H and O–H groups in total. The minimum absolute atomic E-state index is 0.0698. The van der Waals surface area contributed by atoms with Crippen LogP contribution in [0.4, 0.5) is 5.69 Å². The molecule has 0 saturated heterocycles. The van der Waals surface area contributed by atoms with E-state index in [9.17, 15) is 4.79 Å². The van der Waals surface area contributed by atoms with Crippen molar-refractivity contribution in [1.29, 1.82) is 0 Å². The van der Waals surface area contributed by atoms with Gasteiger partial charge in [-0.2, -0.15) is 10.2 Å². The van der Waals surface area contributed by atoms with Gasteiger partial charge in [-0.1, -0.05) is 18.5 Å². The van der Waals surface area contributed by atoms with Gasteiger partial charge in [-0.15, -0.1) is 0 Å². The molecule has 8 heteroatoms. The maximum atomic E-state index is 11.9. The second-order valence-electron chi connectivity index (χ2n) is 4.61. The van der Waals surface area contributed by atoms with Crippen molar-refractivity contribution in [2.75, 3.05) is 11.9 Å². The minimum Gasteiger partial charge on any atom is -0.394 e. The van der Waals surface area contributed by atoms with Crippen LogP contribution < -0.4 is 10.9 Å². The highest BCUT2D eigenvalue weighted by atomic mass is 35.5. The monoisotopic (exact) mass is 311 g/mol. The molecule has 0 fully saturated rings. The van der Waals surface area contributed by atoms with Gasteiger partial charge in [0.2, 0.25) is 0 Å². The van der Waals surface area contributed by atoms with E-state index in [1.807, 2.05) is 20.2 Å². The molecule has 0 amide bonds. The summed E-state index contributed by atoms with van der Waals surface area (Å²) in [5.41, 5.74) is 2.11. The highest BCUT2D eigenvalue weighted by Gasteiger charge is 2.10. The van der Waals surface area contributed by atoms with Crippen LogP contribution in [0.15, 0.2) is 17.2 Å². The average Bonchev–Trinajstić information content (AvgIpc) is 2.83. The molecule has 0 aliphatic rings. The van der Waals surface area contributed by atoms with Crippen molar-refractivity contribution in [3.8, 4) is 0 Å². The number of halogens is 1. The van der Waals surface area contributed by atoms with E-state index in [1.165, 1.54) is 6.20 Å². The van der Waals surface area contributed by atoms with Crippen LogP contribution in [0.25, 0.3) is 0 Å². The lowest BCUT2D eigenvalue weighted by molar-refractivity contribution is 0.266. The molecule has 114 valence electrons. The van der Waals surface area contributed by atoms with E-state index in [1.54, 1.807) is 4.68 Å². The molecule has 0 bridgehead atoms. The number of rotatable bonds is 6. The molecule has 0 radical (unpaired) electrons. The summed E-state index contributed by atoms with van der Waals surface area (Å²) in [7, 11) is 1.87. The zero-order chi connectivity index (χ0) is 15.4. The van der Waals surface area contributed by atoms with E-state index in [0.29, 0.717) is 12.2 Å². The Hall–Kier alpha value is -1.86. The highest BCUT2D eigenvalue weighted by molar-refractivity contribution is 6.32. The predicted octanol–water partition coefficient (Wildman–Crippen LogP) is 0.797. The Bertz CT molecular complexity index is 680. The summed E-state index contributed by atoms with van der Waals surface area (Å²) in [6.07, 6.45) is 4.25. The first kappa shape index (κ1) is 15.5. The van der Waals surface area contributed by atoms with Crippen LogP contribution in [0.3, 0.4) is 0 Å². The molecule has 0 spiro atoms. The van der Waals surface area contributed by atoms with Gasteiger partial charge < -0.3 is 10.4 Å². The van der Waals surface area contributed by atoms with Crippen LogP contribution >= 0.6 is 11.6 Å². The lowest BCUT2D eigenvalue weighted by atomic mass is 10.2. The summed E-state index contributed by atoms with van der Waals surface area (Å²) in [4.78, 5) is 11.9. The lowest BCUT2D eigenvalue weighted by Gasteiger charge is -2.09. The topological polar surface area (TPSA) is 85.0 Å². The SMILES string of the molecule is CCc1nn(C)cc1CNc1cnn(CCO)c(=O)c1Cl. The number of hydrogen-bond donors (Lipinski definition) is 2. The van der Waals surface area contributed by atoms with Gasteiger partial charge in [0, 0.05) is 25.4 Å². The van der Waals surface area contributed by atoms with E-state index in [-0.39, 0.29) is 18.2 Å². The zero-order valence-electron chi connectivity index (χ0n) is 12.0. The lowest BCUT2D eigenvalue weighted by Crippen LogP contribution is -2.25. The van der Waals surface area contributed by atoms with E-state index in [4.69, 9.17) is 16.7 Å². The minimum atomic E-state index is -0.419. The van der Waals surface area contributed by atoms with Gasteiger partial charge in [0.15, 0.2) is 0 Å². The van der Waals surface area contributed by atoms with Crippen molar-refractivity contribution in [3.05, 3.63) is 39.0 Å². The number of nitrogens with zero attached hydrogens (tertiary/aromatic N) is 4. The molecule has 7 nitrogen and oxygen atoms in total. The van der Waals surface area contributed by atoms with Gasteiger partial charge in [-0.25, -0.2) is 4.68 Å². The van der Waals surface area contributed by atoms with Crippen LogP contribution in [0, 0.1) is 0 Å². The largest absolute Gasteiger partial charge is 0.394 e.